The number of amides is 1. The first-order valence-corrected chi connectivity index (χ1v) is 10.1. The number of hydrogen-bond acceptors (Lipinski definition) is 3. The Bertz CT molecular complexity index is 851. The van der Waals surface area contributed by atoms with Gasteiger partial charge in [-0.3, -0.25) is 14.5 Å². The van der Waals surface area contributed by atoms with E-state index in [0.29, 0.717) is 12.0 Å². The molecule has 0 N–H and O–H groups in total. The molecule has 1 heterocycles. The van der Waals surface area contributed by atoms with Gasteiger partial charge in [0, 0.05) is 51.1 Å². The summed E-state index contributed by atoms with van der Waals surface area (Å²) in [6.07, 6.45) is 0.578. The van der Waals surface area contributed by atoms with Crippen molar-refractivity contribution < 1.29 is 9.59 Å². The van der Waals surface area contributed by atoms with Crippen LogP contribution >= 0.6 is 0 Å². The third kappa shape index (κ3) is 5.08. The minimum atomic E-state index is 0.0506. The van der Waals surface area contributed by atoms with E-state index in [2.05, 4.69) is 36.1 Å². The van der Waals surface area contributed by atoms with Crippen LogP contribution in [0.1, 0.15) is 45.5 Å². The normalized spacial score (nSPS) is 14.9. The van der Waals surface area contributed by atoms with Crippen LogP contribution in [0.2, 0.25) is 0 Å². The molecule has 1 saturated heterocycles. The molecule has 2 aromatic rings. The summed E-state index contributed by atoms with van der Waals surface area (Å²) in [5, 5.41) is 0. The molecule has 1 aliphatic rings. The number of rotatable bonds is 6. The zero-order valence-corrected chi connectivity index (χ0v) is 17.2. The maximum absolute atomic E-state index is 12.5. The van der Waals surface area contributed by atoms with Gasteiger partial charge in [0.2, 0.25) is 5.91 Å². The standard InChI is InChI=1S/C24H30N2O2/c1-18-8-9-21(16-20(18)3)23(27)10-11-24(28)26-14-12-25(13-15-26)17-22-7-5-4-6-19(22)2/h4-9,16H,10-15,17H2,1-3H3. The molecule has 0 atom stereocenters. The van der Waals surface area contributed by atoms with Crippen LogP contribution in [0, 0.1) is 20.8 Å². The summed E-state index contributed by atoms with van der Waals surface area (Å²) in [6.45, 7) is 10.3. The second kappa shape index (κ2) is 9.16. The van der Waals surface area contributed by atoms with Gasteiger partial charge in [-0.2, -0.15) is 0 Å². The number of carbonyl (C=O) groups excluding carboxylic acids is 2. The van der Waals surface area contributed by atoms with Crippen LogP contribution in [-0.2, 0) is 11.3 Å². The van der Waals surface area contributed by atoms with E-state index in [4.69, 9.17) is 0 Å². The lowest BCUT2D eigenvalue weighted by Gasteiger charge is -2.35. The lowest BCUT2D eigenvalue weighted by atomic mass is 10.0. The van der Waals surface area contributed by atoms with Crippen molar-refractivity contribution in [2.24, 2.45) is 0 Å². The number of ketones is 1. The van der Waals surface area contributed by atoms with Gasteiger partial charge in [-0.1, -0.05) is 36.4 Å². The molecule has 0 bridgehead atoms. The van der Waals surface area contributed by atoms with Crippen molar-refractivity contribution in [3.8, 4) is 0 Å². The molecule has 0 unspecified atom stereocenters. The Morgan fingerprint density at radius 1 is 0.821 bits per heavy atom. The highest BCUT2D eigenvalue weighted by atomic mass is 16.2. The Kier molecular flexibility index (Phi) is 6.63. The molecule has 4 nitrogen and oxygen atoms in total. The summed E-state index contributed by atoms with van der Waals surface area (Å²) in [6, 6.07) is 14.2. The lowest BCUT2D eigenvalue weighted by molar-refractivity contribution is -0.133. The lowest BCUT2D eigenvalue weighted by Crippen LogP contribution is -2.48. The molecule has 0 aliphatic carbocycles. The van der Waals surface area contributed by atoms with Crippen molar-refractivity contribution >= 4 is 11.7 Å². The molecule has 1 aliphatic heterocycles. The maximum Gasteiger partial charge on any atom is 0.223 e. The molecule has 4 heteroatoms. The number of hydrogen-bond donors (Lipinski definition) is 0. The predicted molar refractivity (Wildman–Crippen MR) is 113 cm³/mol. The highest BCUT2D eigenvalue weighted by molar-refractivity contribution is 5.98. The van der Waals surface area contributed by atoms with Gasteiger partial charge in [0.15, 0.2) is 5.78 Å². The maximum atomic E-state index is 12.5. The van der Waals surface area contributed by atoms with Gasteiger partial charge < -0.3 is 4.90 Å². The second-order valence-corrected chi connectivity index (χ2v) is 7.81. The quantitative estimate of drug-likeness (QED) is 0.716. The summed E-state index contributed by atoms with van der Waals surface area (Å²) >= 11 is 0. The number of carbonyl (C=O) groups is 2. The van der Waals surface area contributed by atoms with E-state index >= 15 is 0 Å². The molecule has 0 radical (unpaired) electrons. The van der Waals surface area contributed by atoms with Crippen LogP contribution in [0.4, 0.5) is 0 Å². The average Bonchev–Trinajstić information content (AvgIpc) is 2.70. The van der Waals surface area contributed by atoms with E-state index in [1.54, 1.807) is 0 Å². The Morgan fingerprint density at radius 2 is 1.54 bits per heavy atom. The summed E-state index contributed by atoms with van der Waals surface area (Å²) in [5.41, 5.74) is 5.66. The Balaban J connectivity index is 1.45. The molecule has 0 aromatic heterocycles. The van der Waals surface area contributed by atoms with Gasteiger partial charge >= 0.3 is 0 Å². The highest BCUT2D eigenvalue weighted by Gasteiger charge is 2.22. The second-order valence-electron chi connectivity index (χ2n) is 7.81. The molecule has 1 fully saturated rings. The molecule has 2 aromatic carbocycles. The van der Waals surface area contributed by atoms with Crippen molar-refractivity contribution in [3.05, 3.63) is 70.3 Å². The minimum absolute atomic E-state index is 0.0506. The Morgan fingerprint density at radius 3 is 2.21 bits per heavy atom. The van der Waals surface area contributed by atoms with Crippen molar-refractivity contribution in [2.45, 2.75) is 40.2 Å². The van der Waals surface area contributed by atoms with Crippen molar-refractivity contribution in [3.63, 3.8) is 0 Å². The van der Waals surface area contributed by atoms with Crippen LogP contribution in [0.3, 0.4) is 0 Å². The summed E-state index contributed by atoms with van der Waals surface area (Å²) < 4.78 is 0. The summed E-state index contributed by atoms with van der Waals surface area (Å²) in [7, 11) is 0. The monoisotopic (exact) mass is 378 g/mol. The first kappa shape index (κ1) is 20.3. The molecule has 148 valence electrons. The van der Waals surface area contributed by atoms with Gasteiger partial charge in [-0.25, -0.2) is 0 Å². The van der Waals surface area contributed by atoms with E-state index in [-0.39, 0.29) is 18.1 Å². The largest absolute Gasteiger partial charge is 0.340 e. The fourth-order valence-corrected chi connectivity index (χ4v) is 3.62. The third-order valence-corrected chi connectivity index (χ3v) is 5.78. The summed E-state index contributed by atoms with van der Waals surface area (Å²) in [4.78, 5) is 29.2. The van der Waals surface area contributed by atoms with E-state index < -0.39 is 0 Å². The molecule has 0 saturated carbocycles. The fraction of sp³-hybridized carbons (Fsp3) is 0.417. The van der Waals surface area contributed by atoms with Crippen LogP contribution in [0.25, 0.3) is 0 Å². The van der Waals surface area contributed by atoms with Crippen molar-refractivity contribution in [1.82, 2.24) is 9.80 Å². The third-order valence-electron chi connectivity index (χ3n) is 5.78. The van der Waals surface area contributed by atoms with Crippen molar-refractivity contribution in [1.29, 1.82) is 0 Å². The molecule has 1 amide bonds. The number of benzene rings is 2. The zero-order valence-electron chi connectivity index (χ0n) is 17.2. The van der Waals surface area contributed by atoms with Gasteiger partial charge in [0.25, 0.3) is 0 Å². The number of aryl methyl sites for hydroxylation is 3. The van der Waals surface area contributed by atoms with Gasteiger partial charge in [0.05, 0.1) is 0 Å². The Hall–Kier alpha value is -2.46. The van der Waals surface area contributed by atoms with E-state index in [0.717, 1.165) is 38.3 Å². The number of Topliss-reactive ketones (excluding diaryl/α,β-unsaturated/α-hetero) is 1. The predicted octanol–water partition coefficient (Wildman–Crippen LogP) is 3.92. The van der Waals surface area contributed by atoms with Crippen LogP contribution < -0.4 is 0 Å². The molecule has 3 rings (SSSR count). The molecular weight excluding hydrogens is 348 g/mol. The Labute approximate surface area is 168 Å². The molecular formula is C24H30N2O2. The molecule has 0 spiro atoms. The SMILES string of the molecule is Cc1ccc(C(=O)CCC(=O)N2CCN(Cc3ccccc3C)CC2)cc1C. The van der Waals surface area contributed by atoms with Crippen LogP contribution in [0.5, 0.6) is 0 Å². The van der Waals surface area contributed by atoms with E-state index in [9.17, 15) is 9.59 Å². The first-order chi connectivity index (χ1) is 13.4. The van der Waals surface area contributed by atoms with Crippen LogP contribution in [-0.4, -0.2) is 47.7 Å². The molecule has 28 heavy (non-hydrogen) atoms. The van der Waals surface area contributed by atoms with Crippen LogP contribution in [0.15, 0.2) is 42.5 Å². The minimum Gasteiger partial charge on any atom is -0.340 e. The van der Waals surface area contributed by atoms with E-state index in [1.807, 2.05) is 36.9 Å². The summed E-state index contributed by atoms with van der Waals surface area (Å²) in [5.74, 6) is 0.141. The topological polar surface area (TPSA) is 40.6 Å². The number of nitrogens with zero attached hydrogens (tertiary/aromatic N) is 2. The average molecular weight is 379 g/mol. The van der Waals surface area contributed by atoms with Crippen molar-refractivity contribution in [2.75, 3.05) is 26.2 Å². The zero-order chi connectivity index (χ0) is 20.1. The van der Waals surface area contributed by atoms with E-state index in [1.165, 1.54) is 16.7 Å². The van der Waals surface area contributed by atoms with Gasteiger partial charge in [-0.05, 0) is 49.1 Å². The fourth-order valence-electron chi connectivity index (χ4n) is 3.62. The highest BCUT2D eigenvalue weighted by Crippen LogP contribution is 2.15. The first-order valence-electron chi connectivity index (χ1n) is 10.1. The van der Waals surface area contributed by atoms with Gasteiger partial charge in [0.1, 0.15) is 0 Å². The van der Waals surface area contributed by atoms with Gasteiger partial charge in [-0.15, -0.1) is 0 Å². The smallest absolute Gasteiger partial charge is 0.223 e. The number of piperazine rings is 1.